The van der Waals surface area contributed by atoms with Crippen molar-refractivity contribution < 1.29 is 0 Å². The van der Waals surface area contributed by atoms with Crippen LogP contribution in [0, 0.1) is 13.8 Å². The summed E-state index contributed by atoms with van der Waals surface area (Å²) < 4.78 is 0. The maximum Gasteiger partial charge on any atom is 0.128 e. The second-order valence-corrected chi connectivity index (χ2v) is 4.24. The molecule has 0 aliphatic heterocycles. The summed E-state index contributed by atoms with van der Waals surface area (Å²) in [5, 5.41) is 0. The highest BCUT2D eigenvalue weighted by Crippen LogP contribution is 2.22. The smallest absolute Gasteiger partial charge is 0.128 e. The summed E-state index contributed by atoms with van der Waals surface area (Å²) in [6.45, 7) is 4.61. The van der Waals surface area contributed by atoms with Crippen molar-refractivity contribution in [1.29, 1.82) is 0 Å². The van der Waals surface area contributed by atoms with E-state index in [0.29, 0.717) is 12.4 Å². The third kappa shape index (κ3) is 2.29. The Labute approximate surface area is 101 Å². The molecule has 0 saturated carbocycles. The number of nitrogens with zero attached hydrogens (tertiary/aromatic N) is 1. The number of pyridine rings is 1. The van der Waals surface area contributed by atoms with Gasteiger partial charge in [0.2, 0.25) is 0 Å². The highest BCUT2D eigenvalue weighted by Gasteiger charge is 2.04. The highest BCUT2D eigenvalue weighted by molar-refractivity contribution is 5.63. The second kappa shape index (κ2) is 4.55. The molecular weight excluding hydrogens is 210 g/mol. The quantitative estimate of drug-likeness (QED) is 0.828. The number of rotatable bonds is 2. The first-order valence-corrected chi connectivity index (χ1v) is 5.65. The topological polar surface area (TPSA) is 64.9 Å². The Bertz CT molecular complexity index is 547. The van der Waals surface area contributed by atoms with Crippen LogP contribution in [0.1, 0.15) is 16.7 Å². The lowest BCUT2D eigenvalue weighted by molar-refractivity contribution is 1.06. The molecule has 0 saturated heterocycles. The van der Waals surface area contributed by atoms with E-state index in [-0.39, 0.29) is 0 Å². The van der Waals surface area contributed by atoms with Crippen molar-refractivity contribution in [3.63, 3.8) is 0 Å². The Balaban J connectivity index is 2.46. The van der Waals surface area contributed by atoms with Gasteiger partial charge in [-0.15, -0.1) is 0 Å². The fourth-order valence-corrected chi connectivity index (χ4v) is 1.74. The van der Waals surface area contributed by atoms with Crippen LogP contribution in [0.2, 0.25) is 0 Å². The van der Waals surface area contributed by atoms with E-state index in [1.54, 1.807) is 0 Å². The average molecular weight is 227 g/mol. The first kappa shape index (κ1) is 11.6. The van der Waals surface area contributed by atoms with Crippen molar-refractivity contribution in [2.24, 2.45) is 5.73 Å². The van der Waals surface area contributed by atoms with Gasteiger partial charge in [-0.2, -0.15) is 0 Å². The zero-order chi connectivity index (χ0) is 12.4. The van der Waals surface area contributed by atoms with E-state index >= 15 is 0 Å². The van der Waals surface area contributed by atoms with Crippen LogP contribution in [0.15, 0.2) is 30.3 Å². The third-order valence-corrected chi connectivity index (χ3v) is 3.03. The predicted molar refractivity (Wildman–Crippen MR) is 71.5 cm³/mol. The number of anilines is 1. The van der Waals surface area contributed by atoms with Gasteiger partial charge in [-0.3, -0.25) is 0 Å². The van der Waals surface area contributed by atoms with Crippen molar-refractivity contribution in [2.75, 3.05) is 5.73 Å². The molecule has 3 nitrogen and oxygen atoms in total. The summed E-state index contributed by atoms with van der Waals surface area (Å²) in [4.78, 5) is 4.38. The molecule has 2 rings (SSSR count). The first-order chi connectivity index (χ1) is 8.11. The molecule has 3 heteroatoms. The van der Waals surface area contributed by atoms with Gasteiger partial charge in [-0.05, 0) is 37.1 Å². The van der Waals surface area contributed by atoms with Crippen LogP contribution >= 0.6 is 0 Å². The first-order valence-electron chi connectivity index (χ1n) is 5.65. The standard InChI is InChI=1S/C14H17N3/c1-9-3-4-11(7-10(9)2)13-6-5-12(8-15)14(16)17-13/h3-7H,8,15H2,1-2H3,(H2,16,17). The molecule has 0 atom stereocenters. The van der Waals surface area contributed by atoms with Gasteiger partial charge in [0.15, 0.2) is 0 Å². The molecule has 1 aromatic carbocycles. The van der Waals surface area contributed by atoms with Gasteiger partial charge >= 0.3 is 0 Å². The maximum atomic E-state index is 5.85. The summed E-state index contributed by atoms with van der Waals surface area (Å²) in [7, 11) is 0. The largest absolute Gasteiger partial charge is 0.383 e. The van der Waals surface area contributed by atoms with Gasteiger partial charge < -0.3 is 11.5 Å². The van der Waals surface area contributed by atoms with Crippen LogP contribution in [0.5, 0.6) is 0 Å². The summed E-state index contributed by atoms with van der Waals surface area (Å²) in [6, 6.07) is 10.2. The molecule has 88 valence electrons. The molecule has 0 amide bonds. The number of hydrogen-bond donors (Lipinski definition) is 2. The summed E-state index contributed by atoms with van der Waals surface area (Å²) in [6.07, 6.45) is 0. The lowest BCUT2D eigenvalue weighted by Crippen LogP contribution is -2.04. The molecule has 0 radical (unpaired) electrons. The Morgan fingerprint density at radius 2 is 1.82 bits per heavy atom. The minimum Gasteiger partial charge on any atom is -0.383 e. The number of benzene rings is 1. The monoisotopic (exact) mass is 227 g/mol. The number of aromatic nitrogens is 1. The summed E-state index contributed by atoms with van der Waals surface area (Å²) >= 11 is 0. The third-order valence-electron chi connectivity index (χ3n) is 3.03. The Morgan fingerprint density at radius 1 is 1.06 bits per heavy atom. The Kier molecular flexibility index (Phi) is 3.11. The fourth-order valence-electron chi connectivity index (χ4n) is 1.74. The SMILES string of the molecule is Cc1ccc(-c2ccc(CN)c(N)n2)cc1C. The maximum absolute atomic E-state index is 5.85. The molecule has 2 aromatic rings. The van der Waals surface area contributed by atoms with E-state index in [4.69, 9.17) is 11.5 Å². The van der Waals surface area contributed by atoms with E-state index in [2.05, 4.69) is 37.0 Å². The number of nitrogen functional groups attached to an aromatic ring is 1. The Hall–Kier alpha value is -1.87. The molecule has 1 aromatic heterocycles. The van der Waals surface area contributed by atoms with Crippen molar-refractivity contribution in [3.05, 3.63) is 47.0 Å². The second-order valence-electron chi connectivity index (χ2n) is 4.24. The van der Waals surface area contributed by atoms with Gasteiger partial charge in [0.05, 0.1) is 5.69 Å². The van der Waals surface area contributed by atoms with Crippen molar-refractivity contribution in [3.8, 4) is 11.3 Å². The molecule has 0 unspecified atom stereocenters. The van der Waals surface area contributed by atoms with E-state index in [1.165, 1.54) is 11.1 Å². The van der Waals surface area contributed by atoms with Crippen LogP contribution < -0.4 is 11.5 Å². The molecule has 0 bridgehead atoms. The van der Waals surface area contributed by atoms with Crippen molar-refractivity contribution in [2.45, 2.75) is 20.4 Å². The van der Waals surface area contributed by atoms with Crippen LogP contribution in [-0.2, 0) is 6.54 Å². The lowest BCUT2D eigenvalue weighted by Gasteiger charge is -2.07. The fraction of sp³-hybridized carbons (Fsp3) is 0.214. The minimum absolute atomic E-state index is 0.423. The van der Waals surface area contributed by atoms with Gasteiger partial charge in [-0.25, -0.2) is 4.98 Å². The zero-order valence-corrected chi connectivity index (χ0v) is 10.2. The van der Waals surface area contributed by atoms with Gasteiger partial charge in [0.1, 0.15) is 5.82 Å². The van der Waals surface area contributed by atoms with Crippen LogP contribution in [-0.4, -0.2) is 4.98 Å². The van der Waals surface area contributed by atoms with Crippen LogP contribution in [0.25, 0.3) is 11.3 Å². The molecule has 0 fully saturated rings. The summed E-state index contributed by atoms with van der Waals surface area (Å²) in [5.74, 6) is 0.517. The summed E-state index contributed by atoms with van der Waals surface area (Å²) in [5.41, 5.74) is 16.8. The molecule has 0 aliphatic rings. The number of aryl methyl sites for hydroxylation is 2. The molecule has 0 aliphatic carbocycles. The normalized spacial score (nSPS) is 10.5. The zero-order valence-electron chi connectivity index (χ0n) is 10.2. The average Bonchev–Trinajstić information content (AvgIpc) is 2.32. The number of nitrogens with two attached hydrogens (primary N) is 2. The van der Waals surface area contributed by atoms with E-state index < -0.39 is 0 Å². The van der Waals surface area contributed by atoms with Gasteiger partial charge in [0, 0.05) is 17.7 Å². The van der Waals surface area contributed by atoms with Crippen molar-refractivity contribution in [1.82, 2.24) is 4.98 Å². The van der Waals surface area contributed by atoms with Crippen molar-refractivity contribution >= 4 is 5.82 Å². The Morgan fingerprint density at radius 3 is 2.41 bits per heavy atom. The molecule has 1 heterocycles. The van der Waals surface area contributed by atoms with Gasteiger partial charge in [0.25, 0.3) is 0 Å². The number of hydrogen-bond acceptors (Lipinski definition) is 3. The lowest BCUT2D eigenvalue weighted by atomic mass is 10.0. The molecule has 4 N–H and O–H groups in total. The molecule has 17 heavy (non-hydrogen) atoms. The van der Waals surface area contributed by atoms with E-state index in [1.807, 2.05) is 12.1 Å². The van der Waals surface area contributed by atoms with Gasteiger partial charge in [-0.1, -0.05) is 18.2 Å². The van der Waals surface area contributed by atoms with E-state index in [9.17, 15) is 0 Å². The van der Waals surface area contributed by atoms with Crippen LogP contribution in [0.3, 0.4) is 0 Å². The highest BCUT2D eigenvalue weighted by atomic mass is 14.8. The molecule has 0 spiro atoms. The predicted octanol–water partition coefficient (Wildman–Crippen LogP) is 2.41. The minimum atomic E-state index is 0.423. The molecular formula is C14H17N3. The van der Waals surface area contributed by atoms with E-state index in [0.717, 1.165) is 16.8 Å². The van der Waals surface area contributed by atoms with Crippen LogP contribution in [0.4, 0.5) is 5.82 Å².